The van der Waals surface area contributed by atoms with Crippen LogP contribution in [-0.2, 0) is 14.2 Å². The summed E-state index contributed by atoms with van der Waals surface area (Å²) in [4.78, 5) is 0. The lowest BCUT2D eigenvalue weighted by Gasteiger charge is -2.24. The molecule has 0 bridgehead atoms. The maximum absolute atomic E-state index is 5.15. The quantitative estimate of drug-likeness (QED) is 0.498. The molecule has 2 aliphatic heterocycles. The second kappa shape index (κ2) is 5.37. The SMILES string of the molecule is C1CC(OC2CO2)O1.C=CC(C)C. The van der Waals surface area contributed by atoms with E-state index >= 15 is 0 Å². The van der Waals surface area contributed by atoms with Gasteiger partial charge in [0, 0.05) is 6.42 Å². The molecule has 2 atom stereocenters. The molecule has 0 aromatic heterocycles. The van der Waals surface area contributed by atoms with Crippen molar-refractivity contribution in [2.45, 2.75) is 32.8 Å². The molecule has 2 unspecified atom stereocenters. The number of ether oxygens (including phenoxy) is 3. The third-order valence-corrected chi connectivity index (χ3v) is 1.74. The minimum atomic E-state index is 0.0440. The Morgan fingerprint density at radius 2 is 1.92 bits per heavy atom. The van der Waals surface area contributed by atoms with Crippen molar-refractivity contribution in [1.82, 2.24) is 0 Å². The molecular formula is C10H18O3. The summed E-state index contributed by atoms with van der Waals surface area (Å²) in [5.41, 5.74) is 0. The molecule has 0 saturated carbocycles. The van der Waals surface area contributed by atoms with Gasteiger partial charge >= 0.3 is 0 Å². The molecule has 2 saturated heterocycles. The topological polar surface area (TPSA) is 31.0 Å². The summed E-state index contributed by atoms with van der Waals surface area (Å²) >= 11 is 0. The van der Waals surface area contributed by atoms with E-state index in [2.05, 4.69) is 20.4 Å². The van der Waals surface area contributed by atoms with E-state index in [-0.39, 0.29) is 12.6 Å². The fourth-order valence-electron chi connectivity index (χ4n) is 0.609. The Hall–Kier alpha value is -0.380. The molecule has 2 aliphatic rings. The van der Waals surface area contributed by atoms with E-state index < -0.39 is 0 Å². The molecular weight excluding hydrogens is 168 g/mol. The van der Waals surface area contributed by atoms with Crippen LogP contribution >= 0.6 is 0 Å². The first-order valence-corrected chi connectivity index (χ1v) is 4.73. The summed E-state index contributed by atoms with van der Waals surface area (Å²) < 4.78 is 14.9. The Kier molecular flexibility index (Phi) is 4.42. The molecule has 76 valence electrons. The lowest BCUT2D eigenvalue weighted by Crippen LogP contribution is -2.30. The highest BCUT2D eigenvalue weighted by Crippen LogP contribution is 2.20. The molecule has 0 amide bonds. The van der Waals surface area contributed by atoms with Crippen LogP contribution in [0.2, 0.25) is 0 Å². The van der Waals surface area contributed by atoms with Gasteiger partial charge in [0.15, 0.2) is 12.6 Å². The smallest absolute Gasteiger partial charge is 0.184 e. The molecule has 2 heterocycles. The zero-order valence-corrected chi connectivity index (χ0v) is 8.36. The molecule has 2 fully saturated rings. The second-order valence-corrected chi connectivity index (χ2v) is 3.47. The number of rotatable bonds is 3. The van der Waals surface area contributed by atoms with Crippen LogP contribution in [-0.4, -0.2) is 25.8 Å². The third kappa shape index (κ3) is 5.03. The summed E-state index contributed by atoms with van der Waals surface area (Å²) in [7, 11) is 0. The van der Waals surface area contributed by atoms with Gasteiger partial charge in [-0.05, 0) is 5.92 Å². The predicted octanol–water partition coefficient (Wildman–Crippen LogP) is 1.93. The van der Waals surface area contributed by atoms with Gasteiger partial charge in [0.1, 0.15) is 6.61 Å². The average molecular weight is 186 g/mol. The number of hydrogen-bond acceptors (Lipinski definition) is 3. The van der Waals surface area contributed by atoms with Crippen molar-refractivity contribution in [2.24, 2.45) is 5.92 Å². The highest BCUT2D eigenvalue weighted by molar-refractivity contribution is 4.69. The highest BCUT2D eigenvalue weighted by Gasteiger charge is 2.30. The van der Waals surface area contributed by atoms with E-state index in [9.17, 15) is 0 Å². The summed E-state index contributed by atoms with van der Waals surface area (Å²) in [5, 5.41) is 0. The molecule has 0 aliphatic carbocycles. The lowest BCUT2D eigenvalue weighted by molar-refractivity contribution is -0.232. The van der Waals surface area contributed by atoms with E-state index in [1.165, 1.54) is 0 Å². The zero-order chi connectivity index (χ0) is 9.68. The molecule has 0 spiro atoms. The van der Waals surface area contributed by atoms with Crippen molar-refractivity contribution in [1.29, 1.82) is 0 Å². The van der Waals surface area contributed by atoms with Crippen molar-refractivity contribution in [3.05, 3.63) is 12.7 Å². The number of hydrogen-bond donors (Lipinski definition) is 0. The Balaban J connectivity index is 0.000000149. The van der Waals surface area contributed by atoms with Crippen molar-refractivity contribution in [3.8, 4) is 0 Å². The summed E-state index contributed by atoms with van der Waals surface area (Å²) in [5.74, 6) is 0.648. The number of epoxide rings is 1. The summed E-state index contributed by atoms with van der Waals surface area (Å²) in [6.45, 7) is 9.36. The Morgan fingerprint density at radius 1 is 1.38 bits per heavy atom. The van der Waals surface area contributed by atoms with Crippen molar-refractivity contribution in [3.63, 3.8) is 0 Å². The van der Waals surface area contributed by atoms with Crippen molar-refractivity contribution >= 4 is 0 Å². The van der Waals surface area contributed by atoms with Gasteiger partial charge in [-0.2, -0.15) is 0 Å². The van der Waals surface area contributed by atoms with Crippen molar-refractivity contribution in [2.75, 3.05) is 13.2 Å². The van der Waals surface area contributed by atoms with Gasteiger partial charge in [0.25, 0.3) is 0 Å². The monoisotopic (exact) mass is 186 g/mol. The van der Waals surface area contributed by atoms with E-state index in [0.717, 1.165) is 19.6 Å². The first kappa shape index (κ1) is 10.7. The Morgan fingerprint density at radius 3 is 2.15 bits per heavy atom. The van der Waals surface area contributed by atoms with Crippen LogP contribution in [0.3, 0.4) is 0 Å². The van der Waals surface area contributed by atoms with Gasteiger partial charge in [-0.3, -0.25) is 0 Å². The Labute approximate surface area is 79.7 Å². The molecule has 2 rings (SSSR count). The summed E-state index contributed by atoms with van der Waals surface area (Å²) in [6.07, 6.45) is 3.04. The van der Waals surface area contributed by atoms with E-state index in [1.807, 2.05) is 6.08 Å². The predicted molar refractivity (Wildman–Crippen MR) is 50.2 cm³/mol. The highest BCUT2D eigenvalue weighted by atomic mass is 16.8. The van der Waals surface area contributed by atoms with Gasteiger partial charge in [-0.25, -0.2) is 0 Å². The Bertz CT molecular complexity index is 148. The maximum atomic E-state index is 5.15. The first-order valence-electron chi connectivity index (χ1n) is 4.73. The standard InChI is InChI=1S/C5H8O3.C5H10/c1-2-6-4(1)8-5-3-7-5;1-4-5(2)3/h4-5H,1-3H2;4-5H,1H2,2-3H3. The van der Waals surface area contributed by atoms with Gasteiger partial charge in [-0.1, -0.05) is 19.9 Å². The molecule has 0 radical (unpaired) electrons. The minimum absolute atomic E-state index is 0.0440. The minimum Gasteiger partial charge on any atom is -0.352 e. The van der Waals surface area contributed by atoms with Gasteiger partial charge in [-0.15, -0.1) is 6.58 Å². The van der Waals surface area contributed by atoms with Crippen molar-refractivity contribution < 1.29 is 14.2 Å². The largest absolute Gasteiger partial charge is 0.352 e. The molecule has 3 heteroatoms. The molecule has 0 aromatic carbocycles. The fourth-order valence-corrected chi connectivity index (χ4v) is 0.609. The number of allylic oxidation sites excluding steroid dienone is 1. The summed E-state index contributed by atoms with van der Waals surface area (Å²) in [6, 6.07) is 0. The van der Waals surface area contributed by atoms with Crippen LogP contribution < -0.4 is 0 Å². The van der Waals surface area contributed by atoms with E-state index in [1.54, 1.807) is 0 Å². The first-order chi connectivity index (χ1) is 6.22. The average Bonchev–Trinajstić information content (AvgIpc) is 2.81. The van der Waals surface area contributed by atoms with Crippen LogP contribution in [0, 0.1) is 5.92 Å². The third-order valence-electron chi connectivity index (χ3n) is 1.74. The molecule has 0 N–H and O–H groups in total. The van der Waals surface area contributed by atoms with Crippen LogP contribution in [0.15, 0.2) is 12.7 Å². The van der Waals surface area contributed by atoms with Crippen LogP contribution in [0.4, 0.5) is 0 Å². The van der Waals surface area contributed by atoms with Crippen LogP contribution in [0.25, 0.3) is 0 Å². The maximum Gasteiger partial charge on any atom is 0.184 e. The van der Waals surface area contributed by atoms with Gasteiger partial charge < -0.3 is 14.2 Å². The van der Waals surface area contributed by atoms with Crippen LogP contribution in [0.1, 0.15) is 20.3 Å². The van der Waals surface area contributed by atoms with Gasteiger partial charge in [0.2, 0.25) is 0 Å². The molecule has 3 nitrogen and oxygen atoms in total. The molecule has 0 aromatic rings. The van der Waals surface area contributed by atoms with Gasteiger partial charge in [0.05, 0.1) is 6.61 Å². The fraction of sp³-hybridized carbons (Fsp3) is 0.800. The second-order valence-electron chi connectivity index (χ2n) is 3.47. The lowest BCUT2D eigenvalue weighted by atomic mass is 10.2. The van der Waals surface area contributed by atoms with E-state index in [0.29, 0.717) is 5.92 Å². The normalized spacial score (nSPS) is 30.1. The van der Waals surface area contributed by atoms with Crippen LogP contribution in [0.5, 0.6) is 0 Å². The van der Waals surface area contributed by atoms with E-state index in [4.69, 9.17) is 14.2 Å². The molecule has 13 heavy (non-hydrogen) atoms. The zero-order valence-electron chi connectivity index (χ0n) is 8.36.